The van der Waals surface area contributed by atoms with E-state index in [1.165, 1.54) is 6.07 Å². The Hall–Kier alpha value is -0.390. The van der Waals surface area contributed by atoms with Crippen molar-refractivity contribution in [1.82, 2.24) is 4.90 Å². The van der Waals surface area contributed by atoms with Crippen molar-refractivity contribution < 1.29 is 13.5 Å². The van der Waals surface area contributed by atoms with Crippen LogP contribution in [0.2, 0.25) is 0 Å². The molecule has 3 N–H and O–H groups in total. The molecule has 1 atom stereocenters. The maximum Gasteiger partial charge on any atom is 0.191 e. The Morgan fingerprint density at radius 1 is 1.62 bits per heavy atom. The number of aliphatic imine (C=N–C) groups is 1. The molecule has 1 aliphatic rings. The molecule has 1 aromatic rings. The van der Waals surface area contributed by atoms with Crippen LogP contribution >= 0.6 is 35.3 Å². The minimum atomic E-state index is -3.44. The van der Waals surface area contributed by atoms with Crippen LogP contribution < -0.4 is 5.73 Å². The summed E-state index contributed by atoms with van der Waals surface area (Å²) in [4.78, 5) is 5.92. The molecule has 1 saturated carbocycles. The van der Waals surface area contributed by atoms with Crippen LogP contribution in [0.25, 0.3) is 0 Å². The van der Waals surface area contributed by atoms with Gasteiger partial charge in [-0.15, -0.1) is 35.3 Å². The fourth-order valence-electron chi connectivity index (χ4n) is 1.79. The van der Waals surface area contributed by atoms with Gasteiger partial charge in [0.25, 0.3) is 0 Å². The Kier molecular flexibility index (Phi) is 6.88. The fraction of sp³-hybridized carbons (Fsp3) is 0.583. The van der Waals surface area contributed by atoms with Gasteiger partial charge in [-0.05, 0) is 24.3 Å². The van der Waals surface area contributed by atoms with E-state index in [0.29, 0.717) is 12.0 Å². The van der Waals surface area contributed by atoms with E-state index in [1.54, 1.807) is 11.4 Å². The summed E-state index contributed by atoms with van der Waals surface area (Å²) in [5.74, 6) is 0.0114. The largest absolute Gasteiger partial charge is 0.390 e. The van der Waals surface area contributed by atoms with Crippen LogP contribution in [0.1, 0.15) is 12.8 Å². The first-order valence-corrected chi connectivity index (χ1v) is 8.90. The van der Waals surface area contributed by atoms with E-state index in [9.17, 15) is 13.5 Å². The van der Waals surface area contributed by atoms with Gasteiger partial charge in [0, 0.05) is 13.1 Å². The van der Waals surface area contributed by atoms with E-state index in [-0.39, 0.29) is 40.5 Å². The standard InChI is InChI=1S/C12H19N3O3S2.HI/c1-15(9-4-5-9)12(13)14-7-10(16)8-20(17,18)11-3-2-6-19-11;/h2-3,6,9-10,16H,4-5,7-8H2,1H3,(H2,13,14);1H. The van der Waals surface area contributed by atoms with Crippen molar-refractivity contribution >= 4 is 51.1 Å². The molecule has 9 heteroatoms. The van der Waals surface area contributed by atoms with E-state index in [0.717, 1.165) is 24.2 Å². The SMILES string of the molecule is CN(C(N)=NCC(O)CS(=O)(=O)c1cccs1)C1CC1.I. The number of sulfone groups is 1. The van der Waals surface area contributed by atoms with Gasteiger partial charge in [0.05, 0.1) is 18.4 Å². The van der Waals surface area contributed by atoms with Gasteiger partial charge in [-0.1, -0.05) is 6.07 Å². The third-order valence-electron chi connectivity index (χ3n) is 3.13. The number of aliphatic hydroxyl groups is 1. The molecule has 0 saturated heterocycles. The summed E-state index contributed by atoms with van der Waals surface area (Å²) in [6.45, 7) is -0.00645. The highest BCUT2D eigenvalue weighted by Gasteiger charge is 2.27. The predicted molar refractivity (Wildman–Crippen MR) is 95.1 cm³/mol. The second-order valence-corrected chi connectivity index (χ2v) is 8.12. The summed E-state index contributed by atoms with van der Waals surface area (Å²) in [7, 11) is -1.59. The molecule has 1 heterocycles. The number of guanidine groups is 1. The smallest absolute Gasteiger partial charge is 0.191 e. The second kappa shape index (κ2) is 7.75. The zero-order valence-corrected chi connectivity index (χ0v) is 15.6. The zero-order chi connectivity index (χ0) is 14.8. The molecular formula is C12H20IN3O3S2. The molecule has 0 spiro atoms. The third-order valence-corrected chi connectivity index (χ3v) is 6.42. The first-order chi connectivity index (χ1) is 9.40. The Labute approximate surface area is 146 Å². The van der Waals surface area contributed by atoms with Gasteiger partial charge in [0.2, 0.25) is 0 Å². The van der Waals surface area contributed by atoms with Crippen LogP contribution in [0.5, 0.6) is 0 Å². The summed E-state index contributed by atoms with van der Waals surface area (Å²) in [6, 6.07) is 3.64. The van der Waals surface area contributed by atoms with Gasteiger partial charge >= 0.3 is 0 Å². The van der Waals surface area contributed by atoms with Gasteiger partial charge in [0.1, 0.15) is 4.21 Å². The van der Waals surface area contributed by atoms with Crippen molar-refractivity contribution in [2.24, 2.45) is 10.7 Å². The Balaban J connectivity index is 0.00000220. The van der Waals surface area contributed by atoms with Crippen molar-refractivity contribution in [3.8, 4) is 0 Å². The average Bonchev–Trinajstić information content (AvgIpc) is 3.08. The van der Waals surface area contributed by atoms with Crippen molar-refractivity contribution in [2.75, 3.05) is 19.3 Å². The first-order valence-electron chi connectivity index (χ1n) is 6.37. The number of hydrogen-bond acceptors (Lipinski definition) is 5. The molecular weight excluding hydrogens is 425 g/mol. The maximum absolute atomic E-state index is 12.0. The second-order valence-electron chi connectivity index (χ2n) is 4.91. The molecule has 0 aliphatic heterocycles. The van der Waals surface area contributed by atoms with E-state index >= 15 is 0 Å². The Morgan fingerprint density at radius 3 is 2.81 bits per heavy atom. The van der Waals surface area contributed by atoms with Crippen LogP contribution in [-0.4, -0.2) is 55.9 Å². The normalized spacial score (nSPS) is 17.1. The van der Waals surface area contributed by atoms with Crippen LogP contribution in [0, 0.1) is 0 Å². The first kappa shape index (κ1) is 18.7. The molecule has 0 radical (unpaired) electrons. The number of nitrogens with two attached hydrogens (primary N) is 1. The summed E-state index contributed by atoms with van der Waals surface area (Å²) in [5.41, 5.74) is 5.78. The highest BCUT2D eigenvalue weighted by molar-refractivity contribution is 14.0. The van der Waals surface area contributed by atoms with Gasteiger partial charge in [0.15, 0.2) is 15.8 Å². The zero-order valence-electron chi connectivity index (χ0n) is 11.7. The Morgan fingerprint density at radius 2 is 2.29 bits per heavy atom. The van der Waals surface area contributed by atoms with Crippen molar-refractivity contribution in [3.05, 3.63) is 17.5 Å². The molecule has 6 nitrogen and oxygen atoms in total. The lowest BCUT2D eigenvalue weighted by molar-refractivity contribution is 0.205. The van der Waals surface area contributed by atoms with E-state index in [2.05, 4.69) is 4.99 Å². The van der Waals surface area contributed by atoms with Crippen LogP contribution in [0.4, 0.5) is 0 Å². The number of halogens is 1. The number of aliphatic hydroxyl groups excluding tert-OH is 1. The summed E-state index contributed by atoms with van der Waals surface area (Å²) < 4.78 is 24.2. The minimum absolute atomic E-state index is 0. The van der Waals surface area contributed by atoms with E-state index < -0.39 is 15.9 Å². The molecule has 120 valence electrons. The van der Waals surface area contributed by atoms with Crippen molar-refractivity contribution in [3.63, 3.8) is 0 Å². The van der Waals surface area contributed by atoms with Crippen molar-refractivity contribution in [1.29, 1.82) is 0 Å². The monoisotopic (exact) mass is 445 g/mol. The molecule has 0 amide bonds. The molecule has 1 unspecified atom stereocenters. The minimum Gasteiger partial charge on any atom is -0.390 e. The van der Waals surface area contributed by atoms with Crippen LogP contribution in [-0.2, 0) is 9.84 Å². The molecule has 0 bridgehead atoms. The van der Waals surface area contributed by atoms with Crippen molar-refractivity contribution in [2.45, 2.75) is 29.2 Å². The average molecular weight is 445 g/mol. The lowest BCUT2D eigenvalue weighted by Crippen LogP contribution is -2.36. The van der Waals surface area contributed by atoms with Gasteiger partial charge in [-0.2, -0.15) is 0 Å². The maximum atomic E-state index is 12.0. The van der Waals surface area contributed by atoms with Gasteiger partial charge in [-0.3, -0.25) is 4.99 Å². The highest BCUT2D eigenvalue weighted by Crippen LogP contribution is 2.24. The topological polar surface area (TPSA) is 96.0 Å². The molecule has 0 aromatic carbocycles. The van der Waals surface area contributed by atoms with E-state index in [4.69, 9.17) is 5.73 Å². The lowest BCUT2D eigenvalue weighted by atomic mass is 10.4. The lowest BCUT2D eigenvalue weighted by Gasteiger charge is -2.17. The quantitative estimate of drug-likeness (QED) is 0.386. The summed E-state index contributed by atoms with van der Waals surface area (Å²) in [6.07, 6.45) is 1.15. The van der Waals surface area contributed by atoms with Crippen LogP contribution in [0.3, 0.4) is 0 Å². The molecule has 1 aromatic heterocycles. The van der Waals surface area contributed by atoms with E-state index in [1.807, 2.05) is 11.9 Å². The molecule has 1 aliphatic carbocycles. The summed E-state index contributed by atoms with van der Waals surface area (Å²) >= 11 is 1.15. The molecule has 1 fully saturated rings. The number of thiophene rings is 1. The van der Waals surface area contributed by atoms with Gasteiger partial charge in [-0.25, -0.2) is 8.42 Å². The fourth-order valence-corrected chi connectivity index (χ4v) is 4.26. The third kappa shape index (κ3) is 5.38. The molecule has 2 rings (SSSR count). The Bertz CT molecular complexity index is 571. The molecule has 21 heavy (non-hydrogen) atoms. The highest BCUT2D eigenvalue weighted by atomic mass is 127. The number of rotatable bonds is 6. The van der Waals surface area contributed by atoms with Gasteiger partial charge < -0.3 is 15.7 Å². The predicted octanol–water partition coefficient (Wildman–Crippen LogP) is 0.910. The number of hydrogen-bond donors (Lipinski definition) is 2. The van der Waals surface area contributed by atoms with Crippen LogP contribution in [0.15, 0.2) is 26.7 Å². The number of nitrogens with zero attached hydrogens (tertiary/aromatic N) is 2. The summed E-state index contributed by atoms with van der Waals surface area (Å²) in [5, 5.41) is 11.5.